The van der Waals surface area contributed by atoms with Crippen LogP contribution in [-0.2, 0) is 17.1 Å². The molecule has 1 amide bonds. The van der Waals surface area contributed by atoms with E-state index in [9.17, 15) is 18.3 Å². The van der Waals surface area contributed by atoms with Gasteiger partial charge in [0.25, 0.3) is 5.91 Å². The number of nitrogens with one attached hydrogen (secondary N) is 1. The van der Waals surface area contributed by atoms with Gasteiger partial charge in [-0.1, -0.05) is 6.92 Å². The predicted molar refractivity (Wildman–Crippen MR) is 86.6 cm³/mol. The van der Waals surface area contributed by atoms with E-state index in [1.807, 2.05) is 0 Å². The maximum atomic E-state index is 12.9. The molecule has 1 aliphatic carbocycles. The second-order valence-corrected chi connectivity index (χ2v) is 8.42. The lowest BCUT2D eigenvalue weighted by atomic mass is 9.98. The van der Waals surface area contributed by atoms with E-state index in [2.05, 4.69) is 12.2 Å². The summed E-state index contributed by atoms with van der Waals surface area (Å²) in [6.07, 6.45) is 3.59. The number of likely N-dealkylation sites (N-methyl/N-ethyl adjacent to an activating group) is 1. The third kappa shape index (κ3) is 3.02. The molecule has 2 rings (SSSR count). The fraction of sp³-hybridized carbons (Fsp3) is 0.667. The summed E-state index contributed by atoms with van der Waals surface area (Å²) in [6, 6.07) is 1.37. The Hall–Kier alpha value is -1.38. The molecule has 0 radical (unpaired) electrons. The van der Waals surface area contributed by atoms with Gasteiger partial charge in [0.2, 0.25) is 10.0 Å². The van der Waals surface area contributed by atoms with Crippen LogP contribution < -0.4 is 5.32 Å². The van der Waals surface area contributed by atoms with Crippen molar-refractivity contribution in [1.82, 2.24) is 14.2 Å². The Kier molecular flexibility index (Phi) is 4.89. The second kappa shape index (κ2) is 6.26. The van der Waals surface area contributed by atoms with Crippen molar-refractivity contribution < 1.29 is 18.3 Å². The summed E-state index contributed by atoms with van der Waals surface area (Å²) in [5.74, 6) is 0.0277. The van der Waals surface area contributed by atoms with Crippen molar-refractivity contribution in [3.05, 3.63) is 18.0 Å². The van der Waals surface area contributed by atoms with Gasteiger partial charge >= 0.3 is 0 Å². The molecule has 0 aromatic carbocycles. The molecule has 0 saturated heterocycles. The summed E-state index contributed by atoms with van der Waals surface area (Å²) >= 11 is 0. The number of aromatic nitrogens is 1. The van der Waals surface area contributed by atoms with Crippen LogP contribution in [0.2, 0.25) is 0 Å². The van der Waals surface area contributed by atoms with Crippen LogP contribution in [0.25, 0.3) is 0 Å². The first kappa shape index (κ1) is 18.0. The SMILES string of the molecule is CNC(=O)c1cc(S(=O)(=O)N(C)[C@]2(CO)CC[C@@H](C)C2)cn1C. The Morgan fingerprint density at radius 3 is 2.70 bits per heavy atom. The van der Waals surface area contributed by atoms with E-state index in [1.54, 1.807) is 7.05 Å². The molecule has 2 N–H and O–H groups in total. The van der Waals surface area contributed by atoms with Crippen LogP contribution in [-0.4, -0.2) is 54.5 Å². The van der Waals surface area contributed by atoms with E-state index in [1.165, 1.54) is 35.2 Å². The van der Waals surface area contributed by atoms with E-state index in [0.29, 0.717) is 18.8 Å². The molecule has 1 heterocycles. The Balaban J connectivity index is 2.40. The number of aliphatic hydroxyl groups excluding tert-OH is 1. The largest absolute Gasteiger partial charge is 0.394 e. The lowest BCUT2D eigenvalue weighted by Crippen LogP contribution is -2.50. The van der Waals surface area contributed by atoms with Gasteiger partial charge in [0.1, 0.15) is 10.6 Å². The standard InChI is InChI=1S/C15H25N3O4S/c1-11-5-6-15(8-11,10-19)18(4)23(21,22)12-7-13(14(20)16-2)17(3)9-12/h7,9,11,19H,5-6,8,10H2,1-4H3,(H,16,20)/t11-,15-/m1/s1. The zero-order valence-electron chi connectivity index (χ0n) is 14.0. The molecule has 0 aliphatic heterocycles. The molecule has 7 nitrogen and oxygen atoms in total. The van der Waals surface area contributed by atoms with Crippen LogP contribution >= 0.6 is 0 Å². The quantitative estimate of drug-likeness (QED) is 0.817. The van der Waals surface area contributed by atoms with Crippen LogP contribution in [0.1, 0.15) is 36.7 Å². The summed E-state index contributed by atoms with van der Waals surface area (Å²) in [5.41, 5.74) is -0.487. The molecule has 0 unspecified atom stereocenters. The van der Waals surface area contributed by atoms with Gasteiger partial charge < -0.3 is 15.0 Å². The average molecular weight is 343 g/mol. The Morgan fingerprint density at radius 1 is 1.57 bits per heavy atom. The van der Waals surface area contributed by atoms with Crippen molar-refractivity contribution in [3.63, 3.8) is 0 Å². The van der Waals surface area contributed by atoms with Crippen LogP contribution in [0.15, 0.2) is 17.2 Å². The van der Waals surface area contributed by atoms with E-state index < -0.39 is 15.6 Å². The van der Waals surface area contributed by atoms with Crippen LogP contribution in [0.3, 0.4) is 0 Å². The maximum Gasteiger partial charge on any atom is 0.267 e. The minimum Gasteiger partial charge on any atom is -0.394 e. The zero-order chi connectivity index (χ0) is 17.4. The number of hydrogen-bond donors (Lipinski definition) is 2. The van der Waals surface area contributed by atoms with Crippen molar-refractivity contribution in [2.24, 2.45) is 13.0 Å². The summed E-state index contributed by atoms with van der Waals surface area (Å²) < 4.78 is 28.6. The van der Waals surface area contributed by atoms with E-state index in [-0.39, 0.29) is 23.1 Å². The van der Waals surface area contributed by atoms with Crippen LogP contribution in [0, 0.1) is 5.92 Å². The number of amides is 1. The minimum atomic E-state index is -3.79. The highest BCUT2D eigenvalue weighted by Crippen LogP contribution is 2.40. The van der Waals surface area contributed by atoms with Crippen LogP contribution in [0.5, 0.6) is 0 Å². The van der Waals surface area contributed by atoms with Crippen LogP contribution in [0.4, 0.5) is 0 Å². The normalized spacial score (nSPS) is 25.0. The van der Waals surface area contributed by atoms with Crippen molar-refractivity contribution >= 4 is 15.9 Å². The highest BCUT2D eigenvalue weighted by Gasteiger charge is 2.46. The molecule has 1 aromatic heterocycles. The van der Waals surface area contributed by atoms with Gasteiger partial charge in [0.05, 0.1) is 12.1 Å². The molecule has 1 aliphatic rings. The Labute approximate surface area is 137 Å². The second-order valence-electron chi connectivity index (χ2n) is 6.45. The number of rotatable bonds is 5. The highest BCUT2D eigenvalue weighted by atomic mass is 32.2. The monoisotopic (exact) mass is 343 g/mol. The molecule has 23 heavy (non-hydrogen) atoms. The first-order valence-corrected chi connectivity index (χ1v) is 9.10. The minimum absolute atomic E-state index is 0.0634. The van der Waals surface area contributed by atoms with E-state index in [0.717, 1.165) is 6.42 Å². The lowest BCUT2D eigenvalue weighted by Gasteiger charge is -2.36. The number of aryl methyl sites for hydroxylation is 1. The zero-order valence-corrected chi connectivity index (χ0v) is 14.9. The average Bonchev–Trinajstić information content (AvgIpc) is 3.10. The van der Waals surface area contributed by atoms with Crippen molar-refractivity contribution in [2.45, 2.75) is 36.6 Å². The Bertz CT molecular complexity index is 698. The summed E-state index contributed by atoms with van der Waals surface area (Å²) in [6.45, 7) is 1.85. The fourth-order valence-corrected chi connectivity index (χ4v) is 4.94. The third-order valence-electron chi connectivity index (χ3n) is 4.89. The smallest absolute Gasteiger partial charge is 0.267 e. The number of nitrogens with zero attached hydrogens (tertiary/aromatic N) is 2. The van der Waals surface area contributed by atoms with Crippen molar-refractivity contribution in [1.29, 1.82) is 0 Å². The van der Waals surface area contributed by atoms with Gasteiger partial charge in [0.15, 0.2) is 0 Å². The molecule has 8 heteroatoms. The molecular formula is C15H25N3O4S. The molecule has 1 aromatic rings. The molecule has 0 spiro atoms. The van der Waals surface area contributed by atoms with Crippen molar-refractivity contribution in [3.8, 4) is 0 Å². The number of aliphatic hydroxyl groups is 1. The molecule has 1 fully saturated rings. The first-order valence-electron chi connectivity index (χ1n) is 7.66. The van der Waals surface area contributed by atoms with Gasteiger partial charge in [-0.3, -0.25) is 4.79 Å². The molecule has 1 saturated carbocycles. The summed E-state index contributed by atoms with van der Waals surface area (Å²) in [4.78, 5) is 11.8. The topological polar surface area (TPSA) is 91.6 Å². The van der Waals surface area contributed by atoms with Gasteiger partial charge in [-0.2, -0.15) is 4.31 Å². The third-order valence-corrected chi connectivity index (χ3v) is 6.82. The van der Waals surface area contributed by atoms with Gasteiger partial charge in [-0.25, -0.2) is 8.42 Å². The fourth-order valence-electron chi connectivity index (χ4n) is 3.34. The lowest BCUT2D eigenvalue weighted by molar-refractivity contribution is 0.0955. The number of sulfonamides is 1. The maximum absolute atomic E-state index is 12.9. The van der Waals surface area contributed by atoms with Gasteiger partial charge in [-0.15, -0.1) is 0 Å². The van der Waals surface area contributed by atoms with E-state index >= 15 is 0 Å². The first-order chi connectivity index (χ1) is 10.7. The molecule has 130 valence electrons. The highest BCUT2D eigenvalue weighted by molar-refractivity contribution is 7.89. The predicted octanol–water partition coefficient (Wildman–Crippen LogP) is 0.556. The van der Waals surface area contributed by atoms with Crippen molar-refractivity contribution in [2.75, 3.05) is 20.7 Å². The number of carbonyl (C=O) groups is 1. The molecule has 0 bridgehead atoms. The Morgan fingerprint density at radius 2 is 2.22 bits per heavy atom. The van der Waals surface area contributed by atoms with E-state index in [4.69, 9.17) is 0 Å². The molecule has 2 atom stereocenters. The summed E-state index contributed by atoms with van der Waals surface area (Å²) in [7, 11) is 0.847. The number of hydrogen-bond acceptors (Lipinski definition) is 4. The van der Waals surface area contributed by atoms with Gasteiger partial charge in [-0.05, 0) is 31.2 Å². The van der Waals surface area contributed by atoms with Gasteiger partial charge in [0, 0.05) is 27.3 Å². The summed E-state index contributed by atoms with van der Waals surface area (Å²) in [5, 5.41) is 12.3. The number of carbonyl (C=O) groups excluding carboxylic acids is 1. The molecular weight excluding hydrogens is 318 g/mol.